The number of alkyl halides is 3. The Morgan fingerprint density at radius 3 is 2.44 bits per heavy atom. The van der Waals surface area contributed by atoms with Gasteiger partial charge in [-0.3, -0.25) is 0 Å². The number of rotatable bonds is 4. The molecule has 0 saturated heterocycles. The van der Waals surface area contributed by atoms with Crippen LogP contribution < -0.4 is 0 Å². The van der Waals surface area contributed by atoms with Gasteiger partial charge in [-0.1, -0.05) is 19.8 Å². The molecule has 0 aliphatic heterocycles. The molecule has 1 aromatic heterocycles. The SMILES string of the molecule is CCCCCc1cc(C(F)(F)F)nc(C)n1. The molecule has 0 atom stereocenters. The third-order valence-electron chi connectivity index (χ3n) is 2.22. The Morgan fingerprint density at radius 1 is 1.19 bits per heavy atom. The van der Waals surface area contributed by atoms with E-state index in [0.717, 1.165) is 25.3 Å². The van der Waals surface area contributed by atoms with Crippen molar-refractivity contribution in [2.45, 2.75) is 45.7 Å². The average Bonchev–Trinajstić information content (AvgIpc) is 2.16. The summed E-state index contributed by atoms with van der Waals surface area (Å²) in [5, 5.41) is 0. The van der Waals surface area contributed by atoms with Crippen LogP contribution in [0, 0.1) is 6.92 Å². The van der Waals surface area contributed by atoms with Crippen molar-refractivity contribution in [3.8, 4) is 0 Å². The summed E-state index contributed by atoms with van der Waals surface area (Å²) in [6.45, 7) is 3.53. The van der Waals surface area contributed by atoms with Crippen LogP contribution in [0.4, 0.5) is 13.2 Å². The predicted octanol–water partition coefficient (Wildman–Crippen LogP) is 3.54. The highest BCUT2D eigenvalue weighted by Gasteiger charge is 2.33. The largest absolute Gasteiger partial charge is 0.433 e. The highest BCUT2D eigenvalue weighted by atomic mass is 19.4. The van der Waals surface area contributed by atoms with E-state index in [1.807, 2.05) is 6.92 Å². The molecule has 5 heteroatoms. The maximum atomic E-state index is 12.4. The molecule has 0 unspecified atom stereocenters. The molecule has 0 fully saturated rings. The molecular weight excluding hydrogens is 217 g/mol. The van der Waals surface area contributed by atoms with E-state index < -0.39 is 11.9 Å². The first-order valence-electron chi connectivity index (χ1n) is 5.35. The lowest BCUT2D eigenvalue weighted by Gasteiger charge is -2.08. The van der Waals surface area contributed by atoms with Crippen molar-refractivity contribution in [2.24, 2.45) is 0 Å². The van der Waals surface area contributed by atoms with Crippen LogP contribution in [-0.2, 0) is 12.6 Å². The summed E-state index contributed by atoms with van der Waals surface area (Å²) >= 11 is 0. The van der Waals surface area contributed by atoms with E-state index in [0.29, 0.717) is 12.1 Å². The first-order chi connectivity index (χ1) is 7.43. The molecule has 0 aliphatic rings. The normalized spacial score (nSPS) is 11.8. The smallest absolute Gasteiger partial charge is 0.238 e. The van der Waals surface area contributed by atoms with Gasteiger partial charge in [-0.2, -0.15) is 13.2 Å². The van der Waals surface area contributed by atoms with Gasteiger partial charge in [0, 0.05) is 5.69 Å². The second kappa shape index (κ2) is 5.27. The fourth-order valence-electron chi connectivity index (χ4n) is 1.46. The van der Waals surface area contributed by atoms with Crippen LogP contribution in [-0.4, -0.2) is 9.97 Å². The number of halogens is 3. The van der Waals surface area contributed by atoms with E-state index in [-0.39, 0.29) is 5.82 Å². The van der Waals surface area contributed by atoms with Crippen LogP contribution in [0.15, 0.2) is 6.07 Å². The molecule has 90 valence electrons. The fourth-order valence-corrected chi connectivity index (χ4v) is 1.46. The van der Waals surface area contributed by atoms with Crippen molar-refractivity contribution in [2.75, 3.05) is 0 Å². The van der Waals surface area contributed by atoms with Gasteiger partial charge in [0.1, 0.15) is 11.5 Å². The maximum Gasteiger partial charge on any atom is 0.433 e. The van der Waals surface area contributed by atoms with Crippen molar-refractivity contribution in [1.82, 2.24) is 9.97 Å². The topological polar surface area (TPSA) is 25.8 Å². The minimum Gasteiger partial charge on any atom is -0.238 e. The summed E-state index contributed by atoms with van der Waals surface area (Å²) in [6.07, 6.45) is -0.891. The summed E-state index contributed by atoms with van der Waals surface area (Å²) in [4.78, 5) is 7.41. The summed E-state index contributed by atoms with van der Waals surface area (Å²) in [7, 11) is 0. The van der Waals surface area contributed by atoms with E-state index >= 15 is 0 Å². The average molecular weight is 232 g/mol. The molecule has 1 rings (SSSR count). The van der Waals surface area contributed by atoms with Gasteiger partial charge < -0.3 is 0 Å². The first-order valence-corrected chi connectivity index (χ1v) is 5.35. The van der Waals surface area contributed by atoms with Crippen molar-refractivity contribution in [1.29, 1.82) is 0 Å². The second-order valence-corrected chi connectivity index (χ2v) is 3.75. The molecule has 0 saturated carbocycles. The molecule has 0 amide bonds. The zero-order chi connectivity index (χ0) is 12.2. The predicted molar refractivity (Wildman–Crippen MR) is 55.0 cm³/mol. The lowest BCUT2D eigenvalue weighted by molar-refractivity contribution is -0.141. The number of hydrogen-bond acceptors (Lipinski definition) is 2. The second-order valence-electron chi connectivity index (χ2n) is 3.75. The molecule has 0 N–H and O–H groups in total. The highest BCUT2D eigenvalue weighted by Crippen LogP contribution is 2.28. The third-order valence-corrected chi connectivity index (χ3v) is 2.22. The van der Waals surface area contributed by atoms with E-state index in [4.69, 9.17) is 0 Å². The summed E-state index contributed by atoms with van der Waals surface area (Å²) in [5.74, 6) is 0.182. The molecule has 0 aromatic carbocycles. The molecule has 1 heterocycles. The van der Waals surface area contributed by atoms with Crippen molar-refractivity contribution < 1.29 is 13.2 Å². The van der Waals surface area contributed by atoms with Gasteiger partial charge in [0.15, 0.2) is 0 Å². The van der Waals surface area contributed by atoms with Gasteiger partial charge in [0.25, 0.3) is 0 Å². The molecule has 0 aliphatic carbocycles. The van der Waals surface area contributed by atoms with E-state index in [9.17, 15) is 13.2 Å². The number of unbranched alkanes of at least 4 members (excludes halogenated alkanes) is 2. The molecule has 1 aromatic rings. The molecule has 0 bridgehead atoms. The zero-order valence-electron chi connectivity index (χ0n) is 9.43. The van der Waals surface area contributed by atoms with Crippen LogP contribution in [0.2, 0.25) is 0 Å². The molecular formula is C11H15F3N2. The fraction of sp³-hybridized carbons (Fsp3) is 0.636. The molecule has 0 spiro atoms. The lowest BCUT2D eigenvalue weighted by atomic mass is 10.1. The van der Waals surface area contributed by atoms with Crippen LogP contribution in [0.5, 0.6) is 0 Å². The zero-order valence-corrected chi connectivity index (χ0v) is 9.43. The van der Waals surface area contributed by atoms with Gasteiger partial charge in [-0.15, -0.1) is 0 Å². The Balaban J connectivity index is 2.82. The number of nitrogens with zero attached hydrogens (tertiary/aromatic N) is 2. The van der Waals surface area contributed by atoms with E-state index in [2.05, 4.69) is 9.97 Å². The molecule has 0 radical (unpaired) electrons. The Labute approximate surface area is 92.9 Å². The van der Waals surface area contributed by atoms with Gasteiger partial charge in [0.2, 0.25) is 0 Å². The Bertz CT molecular complexity index is 348. The van der Waals surface area contributed by atoms with Gasteiger partial charge in [-0.05, 0) is 25.8 Å². The van der Waals surface area contributed by atoms with Crippen LogP contribution in [0.3, 0.4) is 0 Å². The van der Waals surface area contributed by atoms with Crippen LogP contribution in [0.25, 0.3) is 0 Å². The Morgan fingerprint density at radius 2 is 1.88 bits per heavy atom. The van der Waals surface area contributed by atoms with Gasteiger partial charge in [0.05, 0.1) is 0 Å². The van der Waals surface area contributed by atoms with Crippen molar-refractivity contribution in [3.63, 3.8) is 0 Å². The number of aryl methyl sites for hydroxylation is 2. The first kappa shape index (κ1) is 12.9. The Hall–Kier alpha value is -1.13. The molecule has 16 heavy (non-hydrogen) atoms. The molecule has 2 nitrogen and oxygen atoms in total. The summed E-state index contributed by atoms with van der Waals surface area (Å²) in [6, 6.07) is 1.04. The lowest BCUT2D eigenvalue weighted by Crippen LogP contribution is -2.11. The highest BCUT2D eigenvalue weighted by molar-refractivity contribution is 5.13. The van der Waals surface area contributed by atoms with Gasteiger partial charge >= 0.3 is 6.18 Å². The van der Waals surface area contributed by atoms with Crippen molar-refractivity contribution >= 4 is 0 Å². The summed E-state index contributed by atoms with van der Waals surface area (Å²) < 4.78 is 37.3. The van der Waals surface area contributed by atoms with Crippen LogP contribution in [0.1, 0.15) is 43.4 Å². The maximum absolute atomic E-state index is 12.4. The van der Waals surface area contributed by atoms with Gasteiger partial charge in [-0.25, -0.2) is 9.97 Å². The van der Waals surface area contributed by atoms with E-state index in [1.54, 1.807) is 0 Å². The number of hydrogen-bond donors (Lipinski definition) is 0. The third kappa shape index (κ3) is 3.79. The standard InChI is InChI=1S/C11H15F3N2/c1-3-4-5-6-9-7-10(11(12,13)14)16-8(2)15-9/h7H,3-6H2,1-2H3. The minimum absolute atomic E-state index is 0.182. The van der Waals surface area contributed by atoms with Crippen molar-refractivity contribution in [3.05, 3.63) is 23.3 Å². The number of aromatic nitrogens is 2. The monoisotopic (exact) mass is 232 g/mol. The quantitative estimate of drug-likeness (QED) is 0.742. The van der Waals surface area contributed by atoms with Crippen LogP contribution >= 0.6 is 0 Å². The minimum atomic E-state index is -4.38. The van der Waals surface area contributed by atoms with E-state index in [1.165, 1.54) is 6.92 Å². The Kier molecular flexibility index (Phi) is 4.26. The summed E-state index contributed by atoms with van der Waals surface area (Å²) in [5.41, 5.74) is -0.361.